The van der Waals surface area contributed by atoms with E-state index >= 15 is 0 Å². The fourth-order valence-corrected chi connectivity index (χ4v) is 2.04. The lowest BCUT2D eigenvalue weighted by atomic mass is 10.1. The number of carbonyl (C=O) groups excluding carboxylic acids is 1. The molecule has 1 atom stereocenters. The fourth-order valence-electron chi connectivity index (χ4n) is 2.04. The molecule has 0 saturated heterocycles. The van der Waals surface area contributed by atoms with Crippen LogP contribution in [0.4, 0.5) is 10.5 Å². The van der Waals surface area contributed by atoms with E-state index in [1.54, 1.807) is 26.4 Å². The van der Waals surface area contributed by atoms with Crippen molar-refractivity contribution < 1.29 is 14.3 Å². The minimum Gasteiger partial charge on any atom is -0.497 e. The number of urea groups is 1. The molecule has 5 nitrogen and oxygen atoms in total. The zero-order valence-corrected chi connectivity index (χ0v) is 12.9. The molecule has 0 aliphatic heterocycles. The number of benzene rings is 2. The van der Waals surface area contributed by atoms with Crippen LogP contribution in [0.25, 0.3) is 0 Å². The van der Waals surface area contributed by atoms with Gasteiger partial charge in [-0.1, -0.05) is 18.2 Å². The SMILES string of the molecule is COc1ccc(C(C)NC(=O)Nc2cccc(OC)c2)cc1. The van der Waals surface area contributed by atoms with E-state index in [9.17, 15) is 4.79 Å². The molecule has 0 aliphatic carbocycles. The molecule has 0 spiro atoms. The zero-order chi connectivity index (χ0) is 15.9. The van der Waals surface area contributed by atoms with Crippen molar-refractivity contribution in [3.05, 3.63) is 54.1 Å². The molecule has 0 aromatic heterocycles. The number of methoxy groups -OCH3 is 2. The summed E-state index contributed by atoms with van der Waals surface area (Å²) in [5.41, 5.74) is 1.68. The largest absolute Gasteiger partial charge is 0.497 e. The van der Waals surface area contributed by atoms with E-state index in [1.165, 1.54) is 0 Å². The molecular formula is C17H20N2O3. The number of ether oxygens (including phenoxy) is 2. The molecule has 2 N–H and O–H groups in total. The predicted molar refractivity (Wildman–Crippen MR) is 86.6 cm³/mol. The fraction of sp³-hybridized carbons (Fsp3) is 0.235. The van der Waals surface area contributed by atoms with Gasteiger partial charge in [-0.2, -0.15) is 0 Å². The smallest absolute Gasteiger partial charge is 0.319 e. The first-order valence-corrected chi connectivity index (χ1v) is 6.98. The number of hydrogen-bond acceptors (Lipinski definition) is 3. The summed E-state index contributed by atoms with van der Waals surface area (Å²) in [5, 5.41) is 5.67. The molecule has 116 valence electrons. The molecule has 0 radical (unpaired) electrons. The van der Waals surface area contributed by atoms with Crippen LogP contribution < -0.4 is 20.1 Å². The predicted octanol–water partition coefficient (Wildman–Crippen LogP) is 3.59. The van der Waals surface area contributed by atoms with Crippen LogP contribution in [0, 0.1) is 0 Å². The molecule has 1 unspecified atom stereocenters. The number of nitrogens with one attached hydrogen (secondary N) is 2. The van der Waals surface area contributed by atoms with Gasteiger partial charge in [-0.05, 0) is 36.8 Å². The lowest BCUT2D eigenvalue weighted by Crippen LogP contribution is -2.31. The van der Waals surface area contributed by atoms with Gasteiger partial charge in [0.05, 0.1) is 20.3 Å². The van der Waals surface area contributed by atoms with Gasteiger partial charge in [-0.25, -0.2) is 4.79 Å². The quantitative estimate of drug-likeness (QED) is 0.887. The summed E-state index contributed by atoms with van der Waals surface area (Å²) < 4.78 is 10.2. The van der Waals surface area contributed by atoms with E-state index in [0.29, 0.717) is 11.4 Å². The van der Waals surface area contributed by atoms with Crippen LogP contribution in [0.2, 0.25) is 0 Å². The van der Waals surface area contributed by atoms with E-state index in [1.807, 2.05) is 43.3 Å². The van der Waals surface area contributed by atoms with Crippen molar-refractivity contribution in [1.29, 1.82) is 0 Å². The average molecular weight is 300 g/mol. The van der Waals surface area contributed by atoms with Crippen molar-refractivity contribution in [1.82, 2.24) is 5.32 Å². The minimum absolute atomic E-state index is 0.114. The summed E-state index contributed by atoms with van der Waals surface area (Å²) in [6.45, 7) is 1.92. The van der Waals surface area contributed by atoms with Gasteiger partial charge in [0.1, 0.15) is 11.5 Å². The maximum Gasteiger partial charge on any atom is 0.319 e. The Morgan fingerprint density at radius 3 is 2.32 bits per heavy atom. The van der Waals surface area contributed by atoms with E-state index in [0.717, 1.165) is 11.3 Å². The van der Waals surface area contributed by atoms with Crippen LogP contribution in [0.15, 0.2) is 48.5 Å². The van der Waals surface area contributed by atoms with Gasteiger partial charge in [0.25, 0.3) is 0 Å². The van der Waals surface area contributed by atoms with Gasteiger partial charge in [-0.3, -0.25) is 0 Å². The Morgan fingerprint density at radius 1 is 1.00 bits per heavy atom. The minimum atomic E-state index is -0.267. The highest BCUT2D eigenvalue weighted by atomic mass is 16.5. The zero-order valence-electron chi connectivity index (χ0n) is 12.9. The monoisotopic (exact) mass is 300 g/mol. The Balaban J connectivity index is 1.95. The van der Waals surface area contributed by atoms with Crippen molar-refractivity contribution >= 4 is 11.7 Å². The first-order chi connectivity index (χ1) is 10.6. The highest BCUT2D eigenvalue weighted by molar-refractivity contribution is 5.89. The summed E-state index contributed by atoms with van der Waals surface area (Å²) in [6, 6.07) is 14.4. The molecule has 2 rings (SSSR count). The number of carbonyl (C=O) groups is 1. The van der Waals surface area contributed by atoms with Crippen LogP contribution in [0.5, 0.6) is 11.5 Å². The second kappa shape index (κ2) is 7.36. The Hall–Kier alpha value is -2.69. The third kappa shape index (κ3) is 4.15. The van der Waals surface area contributed by atoms with Crippen molar-refractivity contribution in [2.45, 2.75) is 13.0 Å². The van der Waals surface area contributed by atoms with Crippen LogP contribution in [-0.4, -0.2) is 20.3 Å². The van der Waals surface area contributed by atoms with E-state index in [-0.39, 0.29) is 12.1 Å². The summed E-state index contributed by atoms with van der Waals surface area (Å²) in [4.78, 5) is 12.0. The molecule has 22 heavy (non-hydrogen) atoms. The molecule has 2 aromatic carbocycles. The van der Waals surface area contributed by atoms with Gasteiger partial charge in [0.2, 0.25) is 0 Å². The number of rotatable bonds is 5. The number of hydrogen-bond donors (Lipinski definition) is 2. The van der Waals surface area contributed by atoms with Gasteiger partial charge in [0.15, 0.2) is 0 Å². The van der Waals surface area contributed by atoms with Crippen LogP contribution in [0.3, 0.4) is 0 Å². The van der Waals surface area contributed by atoms with Crippen LogP contribution in [-0.2, 0) is 0 Å². The molecule has 0 bridgehead atoms. The van der Waals surface area contributed by atoms with Crippen LogP contribution in [0.1, 0.15) is 18.5 Å². The first-order valence-electron chi connectivity index (χ1n) is 6.98. The normalized spacial score (nSPS) is 11.4. The highest BCUT2D eigenvalue weighted by Gasteiger charge is 2.10. The van der Waals surface area contributed by atoms with Crippen molar-refractivity contribution in [3.63, 3.8) is 0 Å². The molecule has 0 heterocycles. The Kier molecular flexibility index (Phi) is 5.25. The summed E-state index contributed by atoms with van der Waals surface area (Å²) >= 11 is 0. The lowest BCUT2D eigenvalue weighted by molar-refractivity contribution is 0.249. The topological polar surface area (TPSA) is 59.6 Å². The second-order valence-electron chi connectivity index (χ2n) is 4.83. The standard InChI is InChI=1S/C17H20N2O3/c1-12(13-7-9-15(21-2)10-8-13)18-17(20)19-14-5-4-6-16(11-14)22-3/h4-12H,1-3H3,(H2,18,19,20). The molecule has 2 aromatic rings. The highest BCUT2D eigenvalue weighted by Crippen LogP contribution is 2.19. The second-order valence-corrected chi connectivity index (χ2v) is 4.83. The van der Waals surface area contributed by atoms with Crippen LogP contribution >= 0.6 is 0 Å². The van der Waals surface area contributed by atoms with Gasteiger partial charge >= 0.3 is 6.03 Å². The molecule has 0 saturated carbocycles. The Morgan fingerprint density at radius 2 is 1.68 bits per heavy atom. The molecule has 0 fully saturated rings. The maximum absolute atomic E-state index is 12.0. The summed E-state index contributed by atoms with van der Waals surface area (Å²) in [5.74, 6) is 1.48. The summed E-state index contributed by atoms with van der Waals surface area (Å²) in [6.07, 6.45) is 0. The number of amides is 2. The molecular weight excluding hydrogens is 280 g/mol. The molecule has 2 amide bonds. The Labute approximate surface area is 130 Å². The maximum atomic E-state index is 12.0. The van der Waals surface area contributed by atoms with Gasteiger partial charge in [-0.15, -0.1) is 0 Å². The molecule has 0 aliphatic rings. The van der Waals surface area contributed by atoms with Crippen molar-refractivity contribution in [3.8, 4) is 11.5 Å². The average Bonchev–Trinajstić information content (AvgIpc) is 2.55. The van der Waals surface area contributed by atoms with Gasteiger partial charge < -0.3 is 20.1 Å². The Bertz CT molecular complexity index is 626. The molecule has 5 heteroatoms. The number of anilines is 1. The third-order valence-electron chi connectivity index (χ3n) is 3.29. The summed E-state index contributed by atoms with van der Waals surface area (Å²) in [7, 11) is 3.21. The third-order valence-corrected chi connectivity index (χ3v) is 3.29. The van der Waals surface area contributed by atoms with E-state index in [2.05, 4.69) is 10.6 Å². The van der Waals surface area contributed by atoms with Gasteiger partial charge in [0, 0.05) is 11.8 Å². The van der Waals surface area contributed by atoms with Crippen molar-refractivity contribution in [2.24, 2.45) is 0 Å². The lowest BCUT2D eigenvalue weighted by Gasteiger charge is -2.15. The van der Waals surface area contributed by atoms with E-state index < -0.39 is 0 Å². The van der Waals surface area contributed by atoms with Crippen molar-refractivity contribution in [2.75, 3.05) is 19.5 Å². The van der Waals surface area contributed by atoms with E-state index in [4.69, 9.17) is 9.47 Å². The first kappa shape index (κ1) is 15.7.